The standard InChI is InChI=1S/C16H17N5O/c1-10(2)18-16(22)21-15-19-13-6-5-11(8-14(13)20-15)12-4-3-7-17-9-12/h3-10H,1-2H3,(H3,18,19,20,21,22). The summed E-state index contributed by atoms with van der Waals surface area (Å²) in [6.07, 6.45) is 3.56. The Balaban J connectivity index is 1.86. The molecule has 0 aliphatic carbocycles. The van der Waals surface area contributed by atoms with E-state index in [2.05, 4.69) is 25.6 Å². The number of H-pyrrole nitrogens is 1. The van der Waals surface area contributed by atoms with Gasteiger partial charge in [0.2, 0.25) is 5.95 Å². The van der Waals surface area contributed by atoms with Crippen molar-refractivity contribution in [1.82, 2.24) is 20.3 Å². The molecule has 0 fully saturated rings. The Morgan fingerprint density at radius 3 is 2.82 bits per heavy atom. The number of amides is 2. The van der Waals surface area contributed by atoms with Gasteiger partial charge in [0, 0.05) is 24.0 Å². The SMILES string of the molecule is CC(C)NC(=O)Nc1nc2ccc(-c3cccnc3)cc2[nH]1. The van der Waals surface area contributed by atoms with Gasteiger partial charge in [0.1, 0.15) is 0 Å². The Hall–Kier alpha value is -2.89. The van der Waals surface area contributed by atoms with Crippen LogP contribution in [0.2, 0.25) is 0 Å². The summed E-state index contributed by atoms with van der Waals surface area (Å²) in [7, 11) is 0. The van der Waals surface area contributed by atoms with Crippen LogP contribution in [0.15, 0.2) is 42.7 Å². The number of carbonyl (C=O) groups excluding carboxylic acids is 1. The highest BCUT2D eigenvalue weighted by molar-refractivity contribution is 5.90. The summed E-state index contributed by atoms with van der Waals surface area (Å²) in [5.74, 6) is 0.427. The number of hydrogen-bond acceptors (Lipinski definition) is 3. The van der Waals surface area contributed by atoms with E-state index in [-0.39, 0.29) is 12.1 Å². The molecule has 0 spiro atoms. The second-order valence-electron chi connectivity index (χ2n) is 5.31. The van der Waals surface area contributed by atoms with E-state index < -0.39 is 0 Å². The van der Waals surface area contributed by atoms with Crippen LogP contribution in [0.1, 0.15) is 13.8 Å². The van der Waals surface area contributed by atoms with Crippen LogP contribution >= 0.6 is 0 Å². The predicted octanol–water partition coefficient (Wildman–Crippen LogP) is 3.15. The number of nitrogens with one attached hydrogen (secondary N) is 3. The molecule has 2 aromatic heterocycles. The Labute approximate surface area is 128 Å². The zero-order valence-electron chi connectivity index (χ0n) is 12.4. The third-order valence-corrected chi connectivity index (χ3v) is 3.13. The van der Waals surface area contributed by atoms with E-state index >= 15 is 0 Å². The van der Waals surface area contributed by atoms with Gasteiger partial charge in [-0.05, 0) is 37.6 Å². The number of anilines is 1. The largest absolute Gasteiger partial charge is 0.336 e. The lowest BCUT2D eigenvalue weighted by Gasteiger charge is -2.07. The Kier molecular flexibility index (Phi) is 3.74. The Morgan fingerprint density at radius 1 is 1.23 bits per heavy atom. The summed E-state index contributed by atoms with van der Waals surface area (Å²) in [5.41, 5.74) is 3.74. The number of imidazole rings is 1. The van der Waals surface area contributed by atoms with Crippen molar-refractivity contribution >= 4 is 23.0 Å². The van der Waals surface area contributed by atoms with Crippen LogP contribution in [-0.4, -0.2) is 27.0 Å². The van der Waals surface area contributed by atoms with Crippen molar-refractivity contribution in [3.63, 3.8) is 0 Å². The molecule has 3 rings (SSSR count). The van der Waals surface area contributed by atoms with Crippen LogP contribution in [0.3, 0.4) is 0 Å². The van der Waals surface area contributed by atoms with Crippen LogP contribution in [0, 0.1) is 0 Å². The van der Waals surface area contributed by atoms with Gasteiger partial charge in [0.25, 0.3) is 0 Å². The monoisotopic (exact) mass is 295 g/mol. The predicted molar refractivity (Wildman–Crippen MR) is 86.6 cm³/mol. The molecule has 6 nitrogen and oxygen atoms in total. The number of nitrogens with zero attached hydrogens (tertiary/aromatic N) is 2. The molecule has 0 saturated carbocycles. The van der Waals surface area contributed by atoms with Crippen LogP contribution < -0.4 is 10.6 Å². The van der Waals surface area contributed by atoms with E-state index in [9.17, 15) is 4.79 Å². The van der Waals surface area contributed by atoms with Crippen molar-refractivity contribution < 1.29 is 4.79 Å². The minimum Gasteiger partial charge on any atom is -0.336 e. The number of carbonyl (C=O) groups is 1. The van der Waals surface area contributed by atoms with E-state index in [4.69, 9.17) is 0 Å². The summed E-state index contributed by atoms with van der Waals surface area (Å²) < 4.78 is 0. The Morgan fingerprint density at radius 2 is 2.09 bits per heavy atom. The topological polar surface area (TPSA) is 82.7 Å². The molecule has 3 aromatic rings. The maximum Gasteiger partial charge on any atom is 0.321 e. The van der Waals surface area contributed by atoms with Crippen LogP contribution in [-0.2, 0) is 0 Å². The van der Waals surface area contributed by atoms with Crippen molar-refractivity contribution in [2.24, 2.45) is 0 Å². The first-order chi connectivity index (χ1) is 10.6. The van der Waals surface area contributed by atoms with Crippen LogP contribution in [0.25, 0.3) is 22.2 Å². The minimum absolute atomic E-state index is 0.0709. The van der Waals surface area contributed by atoms with Crippen molar-refractivity contribution in [3.8, 4) is 11.1 Å². The van der Waals surface area contributed by atoms with Gasteiger partial charge in [0.15, 0.2) is 0 Å². The smallest absolute Gasteiger partial charge is 0.321 e. The van der Waals surface area contributed by atoms with Crippen molar-refractivity contribution in [3.05, 3.63) is 42.7 Å². The molecule has 6 heteroatoms. The summed E-state index contributed by atoms with van der Waals surface area (Å²) in [4.78, 5) is 23.3. The highest BCUT2D eigenvalue weighted by atomic mass is 16.2. The number of aromatic amines is 1. The Bertz CT molecular complexity index is 795. The minimum atomic E-state index is -0.276. The molecule has 112 valence electrons. The molecule has 0 aliphatic heterocycles. The number of hydrogen-bond donors (Lipinski definition) is 3. The van der Waals surface area contributed by atoms with Crippen LogP contribution in [0.4, 0.5) is 10.7 Å². The lowest BCUT2D eigenvalue weighted by atomic mass is 10.1. The number of fused-ring (bicyclic) bond motifs is 1. The van der Waals surface area contributed by atoms with Gasteiger partial charge in [-0.25, -0.2) is 9.78 Å². The fraction of sp³-hybridized carbons (Fsp3) is 0.188. The van der Waals surface area contributed by atoms with E-state index in [1.807, 2.05) is 50.4 Å². The first-order valence-corrected chi connectivity index (χ1v) is 7.09. The molecule has 3 N–H and O–H groups in total. The molecule has 22 heavy (non-hydrogen) atoms. The molecule has 1 aromatic carbocycles. The number of benzene rings is 1. The van der Waals surface area contributed by atoms with Crippen molar-refractivity contribution in [2.75, 3.05) is 5.32 Å². The zero-order valence-corrected chi connectivity index (χ0v) is 12.4. The molecule has 0 saturated heterocycles. The van der Waals surface area contributed by atoms with Gasteiger partial charge in [0.05, 0.1) is 11.0 Å². The second-order valence-corrected chi connectivity index (χ2v) is 5.31. The summed E-state index contributed by atoms with van der Waals surface area (Å²) in [6.45, 7) is 3.80. The second kappa shape index (κ2) is 5.85. The quantitative estimate of drug-likeness (QED) is 0.694. The van der Waals surface area contributed by atoms with E-state index in [1.54, 1.807) is 6.20 Å². The van der Waals surface area contributed by atoms with E-state index in [1.165, 1.54) is 0 Å². The number of rotatable bonds is 3. The summed E-state index contributed by atoms with van der Waals surface area (Å²) in [5, 5.41) is 5.45. The van der Waals surface area contributed by atoms with Crippen molar-refractivity contribution in [2.45, 2.75) is 19.9 Å². The molecule has 2 amide bonds. The average Bonchev–Trinajstić information content (AvgIpc) is 2.88. The molecule has 2 heterocycles. The number of aromatic nitrogens is 3. The maximum absolute atomic E-state index is 11.7. The normalized spacial score (nSPS) is 10.9. The highest BCUT2D eigenvalue weighted by Gasteiger charge is 2.08. The summed E-state index contributed by atoms with van der Waals surface area (Å²) >= 11 is 0. The van der Waals surface area contributed by atoms with E-state index in [0.717, 1.165) is 22.2 Å². The third-order valence-electron chi connectivity index (χ3n) is 3.13. The van der Waals surface area contributed by atoms with Crippen molar-refractivity contribution in [1.29, 1.82) is 0 Å². The fourth-order valence-corrected chi connectivity index (χ4v) is 2.19. The number of urea groups is 1. The average molecular weight is 295 g/mol. The first-order valence-electron chi connectivity index (χ1n) is 7.09. The molecule has 0 radical (unpaired) electrons. The lowest BCUT2D eigenvalue weighted by Crippen LogP contribution is -2.34. The van der Waals surface area contributed by atoms with Gasteiger partial charge in [-0.2, -0.15) is 0 Å². The van der Waals surface area contributed by atoms with Gasteiger partial charge in [-0.15, -0.1) is 0 Å². The molecule has 0 unspecified atom stereocenters. The molecular formula is C16H17N5O. The molecule has 0 atom stereocenters. The van der Waals surface area contributed by atoms with Gasteiger partial charge < -0.3 is 10.3 Å². The van der Waals surface area contributed by atoms with Gasteiger partial charge in [-0.1, -0.05) is 12.1 Å². The van der Waals surface area contributed by atoms with E-state index in [0.29, 0.717) is 5.95 Å². The first kappa shape index (κ1) is 14.1. The zero-order chi connectivity index (χ0) is 15.5. The third kappa shape index (κ3) is 3.06. The maximum atomic E-state index is 11.7. The fourth-order valence-electron chi connectivity index (χ4n) is 2.19. The number of pyridine rings is 1. The summed E-state index contributed by atoms with van der Waals surface area (Å²) in [6, 6.07) is 9.58. The molecular weight excluding hydrogens is 278 g/mol. The van der Waals surface area contributed by atoms with Crippen LogP contribution in [0.5, 0.6) is 0 Å². The van der Waals surface area contributed by atoms with Gasteiger partial charge >= 0.3 is 6.03 Å². The molecule has 0 bridgehead atoms. The van der Waals surface area contributed by atoms with Gasteiger partial charge in [-0.3, -0.25) is 10.3 Å². The lowest BCUT2D eigenvalue weighted by molar-refractivity contribution is 0.250. The highest BCUT2D eigenvalue weighted by Crippen LogP contribution is 2.23. The molecule has 0 aliphatic rings.